The summed E-state index contributed by atoms with van der Waals surface area (Å²) >= 11 is 0. The molecule has 0 bridgehead atoms. The molecule has 0 aliphatic carbocycles. The number of benzene rings is 1. The molecule has 0 aromatic heterocycles. The highest BCUT2D eigenvalue weighted by Gasteiger charge is 2.03. The van der Waals surface area contributed by atoms with Crippen LogP contribution in [0.3, 0.4) is 0 Å². The normalized spacial score (nSPS) is 10.2. The van der Waals surface area contributed by atoms with E-state index in [4.69, 9.17) is 5.11 Å². The first-order valence-corrected chi connectivity index (χ1v) is 3.51. The quantitative estimate of drug-likeness (QED) is 0.655. The SMILES string of the molecule is Cc1cc(F)c(C)c(CO)c1. The number of aliphatic hydroxyl groups excluding tert-OH is 1. The molecule has 0 unspecified atom stereocenters. The van der Waals surface area contributed by atoms with Gasteiger partial charge in [0.05, 0.1) is 6.61 Å². The summed E-state index contributed by atoms with van der Waals surface area (Å²) in [4.78, 5) is 0. The minimum atomic E-state index is -0.242. The molecule has 1 aromatic carbocycles. The molecule has 0 heterocycles. The Morgan fingerprint density at radius 1 is 1.36 bits per heavy atom. The van der Waals surface area contributed by atoms with Crippen molar-refractivity contribution in [3.8, 4) is 0 Å². The molecular formula is C9H11FO. The molecule has 0 amide bonds. The van der Waals surface area contributed by atoms with Crippen LogP contribution in [0.4, 0.5) is 4.39 Å². The lowest BCUT2D eigenvalue weighted by Crippen LogP contribution is -1.93. The van der Waals surface area contributed by atoms with Gasteiger partial charge in [-0.25, -0.2) is 4.39 Å². The summed E-state index contributed by atoms with van der Waals surface area (Å²) in [6.45, 7) is 3.38. The third-order valence-corrected chi connectivity index (χ3v) is 1.77. The molecule has 1 rings (SSSR count). The lowest BCUT2D eigenvalue weighted by Gasteiger charge is -2.04. The zero-order valence-corrected chi connectivity index (χ0v) is 6.69. The van der Waals surface area contributed by atoms with E-state index in [0.29, 0.717) is 11.1 Å². The van der Waals surface area contributed by atoms with Crippen molar-refractivity contribution in [2.75, 3.05) is 0 Å². The maximum Gasteiger partial charge on any atom is 0.126 e. The zero-order chi connectivity index (χ0) is 8.43. The van der Waals surface area contributed by atoms with Gasteiger partial charge in [0.1, 0.15) is 5.82 Å². The smallest absolute Gasteiger partial charge is 0.126 e. The zero-order valence-electron chi connectivity index (χ0n) is 6.69. The van der Waals surface area contributed by atoms with Gasteiger partial charge < -0.3 is 5.11 Å². The van der Waals surface area contributed by atoms with Crippen LogP contribution in [0.15, 0.2) is 12.1 Å². The molecule has 0 aliphatic heterocycles. The number of aliphatic hydroxyl groups is 1. The van der Waals surface area contributed by atoms with E-state index in [1.807, 2.05) is 6.92 Å². The molecule has 0 atom stereocenters. The standard InChI is InChI=1S/C9H11FO/c1-6-3-8(5-11)7(2)9(10)4-6/h3-4,11H,5H2,1-2H3. The Bertz CT molecular complexity index is 269. The summed E-state index contributed by atoms with van der Waals surface area (Å²) < 4.78 is 12.9. The Hall–Kier alpha value is -0.890. The average molecular weight is 154 g/mol. The molecule has 2 heteroatoms. The fraction of sp³-hybridized carbons (Fsp3) is 0.333. The Kier molecular flexibility index (Phi) is 2.25. The third kappa shape index (κ3) is 1.57. The molecule has 60 valence electrons. The van der Waals surface area contributed by atoms with Gasteiger partial charge in [-0.15, -0.1) is 0 Å². The molecule has 0 saturated heterocycles. The first-order valence-electron chi connectivity index (χ1n) is 3.51. The van der Waals surface area contributed by atoms with Crippen molar-refractivity contribution in [2.24, 2.45) is 0 Å². The molecule has 0 aliphatic rings. The predicted octanol–water partition coefficient (Wildman–Crippen LogP) is 1.93. The number of hydrogen-bond acceptors (Lipinski definition) is 1. The van der Waals surface area contributed by atoms with Gasteiger partial charge in [-0.1, -0.05) is 6.07 Å². The van der Waals surface area contributed by atoms with Crippen molar-refractivity contribution in [3.63, 3.8) is 0 Å². The van der Waals surface area contributed by atoms with E-state index >= 15 is 0 Å². The van der Waals surface area contributed by atoms with Crippen molar-refractivity contribution >= 4 is 0 Å². The molecule has 0 radical (unpaired) electrons. The van der Waals surface area contributed by atoms with E-state index in [0.717, 1.165) is 5.56 Å². The van der Waals surface area contributed by atoms with Crippen LogP contribution < -0.4 is 0 Å². The maximum absolute atomic E-state index is 12.9. The van der Waals surface area contributed by atoms with Gasteiger partial charge >= 0.3 is 0 Å². The van der Waals surface area contributed by atoms with E-state index in [1.165, 1.54) is 6.07 Å². The predicted molar refractivity (Wildman–Crippen MR) is 41.8 cm³/mol. The molecular weight excluding hydrogens is 143 g/mol. The van der Waals surface area contributed by atoms with Crippen molar-refractivity contribution < 1.29 is 9.50 Å². The van der Waals surface area contributed by atoms with Gasteiger partial charge in [0.15, 0.2) is 0 Å². The first-order chi connectivity index (χ1) is 5.15. The fourth-order valence-corrected chi connectivity index (χ4v) is 1.05. The van der Waals surface area contributed by atoms with Crippen LogP contribution in [-0.4, -0.2) is 5.11 Å². The number of halogens is 1. The van der Waals surface area contributed by atoms with Crippen LogP contribution in [0.2, 0.25) is 0 Å². The van der Waals surface area contributed by atoms with E-state index < -0.39 is 0 Å². The van der Waals surface area contributed by atoms with Gasteiger partial charge in [0.2, 0.25) is 0 Å². The highest BCUT2D eigenvalue weighted by atomic mass is 19.1. The minimum Gasteiger partial charge on any atom is -0.392 e. The van der Waals surface area contributed by atoms with Crippen molar-refractivity contribution in [1.29, 1.82) is 0 Å². The average Bonchev–Trinajstić information content (AvgIpc) is 1.96. The first kappa shape index (κ1) is 8.21. The highest BCUT2D eigenvalue weighted by molar-refractivity contribution is 5.31. The summed E-state index contributed by atoms with van der Waals surface area (Å²) in [6.07, 6.45) is 0. The maximum atomic E-state index is 12.9. The van der Waals surface area contributed by atoms with Crippen LogP contribution in [0.5, 0.6) is 0 Å². The number of rotatable bonds is 1. The topological polar surface area (TPSA) is 20.2 Å². The molecule has 0 fully saturated rings. The molecule has 0 spiro atoms. The summed E-state index contributed by atoms with van der Waals surface area (Å²) in [5, 5.41) is 8.80. The molecule has 11 heavy (non-hydrogen) atoms. The number of hydrogen-bond donors (Lipinski definition) is 1. The van der Waals surface area contributed by atoms with Crippen molar-refractivity contribution in [3.05, 3.63) is 34.6 Å². The van der Waals surface area contributed by atoms with Crippen molar-refractivity contribution in [1.82, 2.24) is 0 Å². The van der Waals surface area contributed by atoms with Gasteiger partial charge in [-0.05, 0) is 36.6 Å². The third-order valence-electron chi connectivity index (χ3n) is 1.77. The van der Waals surface area contributed by atoms with Crippen LogP contribution in [-0.2, 0) is 6.61 Å². The number of aryl methyl sites for hydroxylation is 1. The molecule has 1 N–H and O–H groups in total. The van der Waals surface area contributed by atoms with E-state index in [-0.39, 0.29) is 12.4 Å². The van der Waals surface area contributed by atoms with Crippen LogP contribution in [0.25, 0.3) is 0 Å². The Morgan fingerprint density at radius 3 is 2.55 bits per heavy atom. The van der Waals surface area contributed by atoms with Gasteiger partial charge in [-0.2, -0.15) is 0 Å². The van der Waals surface area contributed by atoms with Gasteiger partial charge in [0.25, 0.3) is 0 Å². The van der Waals surface area contributed by atoms with E-state index in [2.05, 4.69) is 0 Å². The van der Waals surface area contributed by atoms with E-state index in [9.17, 15) is 4.39 Å². The van der Waals surface area contributed by atoms with Crippen LogP contribution in [0.1, 0.15) is 16.7 Å². The summed E-state index contributed by atoms with van der Waals surface area (Å²) in [6, 6.07) is 3.26. The Morgan fingerprint density at radius 2 is 2.00 bits per heavy atom. The Balaban J connectivity index is 3.24. The van der Waals surface area contributed by atoms with Crippen LogP contribution in [0, 0.1) is 19.7 Å². The molecule has 1 aromatic rings. The van der Waals surface area contributed by atoms with E-state index in [1.54, 1.807) is 13.0 Å². The van der Waals surface area contributed by atoms with Gasteiger partial charge in [0, 0.05) is 0 Å². The highest BCUT2D eigenvalue weighted by Crippen LogP contribution is 2.14. The van der Waals surface area contributed by atoms with Gasteiger partial charge in [-0.3, -0.25) is 0 Å². The monoisotopic (exact) mass is 154 g/mol. The summed E-state index contributed by atoms with van der Waals surface area (Å²) in [7, 11) is 0. The summed E-state index contributed by atoms with van der Waals surface area (Å²) in [5.74, 6) is -0.242. The fourth-order valence-electron chi connectivity index (χ4n) is 1.05. The summed E-state index contributed by atoms with van der Waals surface area (Å²) in [5.41, 5.74) is 2.05. The molecule has 0 saturated carbocycles. The minimum absolute atomic E-state index is 0.0928. The Labute approximate surface area is 65.5 Å². The second-order valence-electron chi connectivity index (χ2n) is 2.69. The van der Waals surface area contributed by atoms with Crippen LogP contribution >= 0.6 is 0 Å². The second kappa shape index (κ2) is 3.01. The lowest BCUT2D eigenvalue weighted by molar-refractivity contribution is 0.280. The second-order valence-corrected chi connectivity index (χ2v) is 2.69. The lowest BCUT2D eigenvalue weighted by atomic mass is 10.1. The largest absolute Gasteiger partial charge is 0.392 e. The van der Waals surface area contributed by atoms with Crippen molar-refractivity contribution in [2.45, 2.75) is 20.5 Å². The molecule has 1 nitrogen and oxygen atoms in total.